The highest BCUT2D eigenvalue weighted by Crippen LogP contribution is 2.28. The minimum Gasteiger partial charge on any atom is -0.492 e. The molecule has 1 unspecified atom stereocenters. The summed E-state index contributed by atoms with van der Waals surface area (Å²) in [4.78, 5) is 0. The first-order chi connectivity index (χ1) is 10.2. The highest BCUT2D eigenvalue weighted by molar-refractivity contribution is 6.32. The molecule has 0 amide bonds. The van der Waals surface area contributed by atoms with Crippen molar-refractivity contribution < 1.29 is 4.74 Å². The van der Waals surface area contributed by atoms with E-state index in [4.69, 9.17) is 16.3 Å². The fourth-order valence-corrected chi connectivity index (χ4v) is 2.48. The van der Waals surface area contributed by atoms with Gasteiger partial charge in [0.05, 0.1) is 11.6 Å². The molecule has 0 aliphatic rings. The van der Waals surface area contributed by atoms with Gasteiger partial charge in [-0.3, -0.25) is 0 Å². The summed E-state index contributed by atoms with van der Waals surface area (Å²) < 4.78 is 5.44. The second kappa shape index (κ2) is 7.94. The van der Waals surface area contributed by atoms with Crippen LogP contribution >= 0.6 is 11.6 Å². The number of hydrogen-bond acceptors (Lipinski definition) is 2. The first-order valence-electron chi connectivity index (χ1n) is 7.42. The summed E-state index contributed by atoms with van der Waals surface area (Å²) >= 11 is 6.20. The van der Waals surface area contributed by atoms with E-state index in [1.165, 1.54) is 5.56 Å². The van der Waals surface area contributed by atoms with Gasteiger partial charge in [0.25, 0.3) is 0 Å². The quantitative estimate of drug-likeness (QED) is 0.761. The van der Waals surface area contributed by atoms with Crippen molar-refractivity contribution >= 4 is 17.3 Å². The van der Waals surface area contributed by atoms with Gasteiger partial charge in [-0.25, -0.2) is 0 Å². The van der Waals surface area contributed by atoms with Crippen LogP contribution in [0.2, 0.25) is 5.02 Å². The van der Waals surface area contributed by atoms with Crippen molar-refractivity contribution in [3.8, 4) is 5.75 Å². The Hall–Kier alpha value is -1.67. The van der Waals surface area contributed by atoms with E-state index in [1.807, 2.05) is 31.2 Å². The SMILES string of the molecule is CCOc1ccc(NC(C)CCc2ccccc2)cc1Cl. The molecule has 0 spiro atoms. The van der Waals surface area contributed by atoms with Crippen LogP contribution in [0.4, 0.5) is 5.69 Å². The fourth-order valence-electron chi connectivity index (χ4n) is 2.25. The maximum Gasteiger partial charge on any atom is 0.138 e. The van der Waals surface area contributed by atoms with E-state index in [9.17, 15) is 0 Å². The lowest BCUT2D eigenvalue weighted by Gasteiger charge is -2.16. The number of halogens is 1. The minimum absolute atomic E-state index is 0.388. The number of rotatable bonds is 7. The second-order valence-corrected chi connectivity index (χ2v) is 5.56. The lowest BCUT2D eigenvalue weighted by atomic mass is 10.1. The molecule has 2 aromatic rings. The molecule has 0 aromatic heterocycles. The van der Waals surface area contributed by atoms with Gasteiger partial charge < -0.3 is 10.1 Å². The fraction of sp³-hybridized carbons (Fsp3) is 0.333. The van der Waals surface area contributed by atoms with E-state index in [0.29, 0.717) is 17.7 Å². The van der Waals surface area contributed by atoms with Crippen molar-refractivity contribution in [2.45, 2.75) is 32.7 Å². The molecule has 0 saturated heterocycles. The average Bonchev–Trinajstić information content (AvgIpc) is 2.49. The van der Waals surface area contributed by atoms with E-state index >= 15 is 0 Å². The number of hydrogen-bond donors (Lipinski definition) is 1. The molecule has 0 aliphatic heterocycles. The number of ether oxygens (including phenoxy) is 1. The summed E-state index contributed by atoms with van der Waals surface area (Å²) in [7, 11) is 0. The molecule has 0 aliphatic carbocycles. The lowest BCUT2D eigenvalue weighted by Crippen LogP contribution is -2.16. The molecule has 1 atom stereocenters. The predicted octanol–water partition coefficient (Wildman–Crippen LogP) is 5.17. The molecule has 0 fully saturated rings. The second-order valence-electron chi connectivity index (χ2n) is 5.15. The van der Waals surface area contributed by atoms with Gasteiger partial charge in [0.15, 0.2) is 0 Å². The van der Waals surface area contributed by atoms with Crippen LogP contribution < -0.4 is 10.1 Å². The van der Waals surface area contributed by atoms with Crippen molar-refractivity contribution in [2.24, 2.45) is 0 Å². The molecule has 0 saturated carbocycles. The van der Waals surface area contributed by atoms with E-state index in [-0.39, 0.29) is 0 Å². The zero-order chi connectivity index (χ0) is 15.1. The molecule has 0 heterocycles. The van der Waals surface area contributed by atoms with Crippen LogP contribution in [0.3, 0.4) is 0 Å². The van der Waals surface area contributed by atoms with Crippen molar-refractivity contribution in [2.75, 3.05) is 11.9 Å². The molecular weight excluding hydrogens is 282 g/mol. The van der Waals surface area contributed by atoms with E-state index in [0.717, 1.165) is 24.3 Å². The third-order valence-corrected chi connectivity index (χ3v) is 3.65. The predicted molar refractivity (Wildman–Crippen MR) is 90.5 cm³/mol. The Balaban J connectivity index is 1.87. The Labute approximate surface area is 132 Å². The topological polar surface area (TPSA) is 21.3 Å². The van der Waals surface area contributed by atoms with Crippen LogP contribution in [0.5, 0.6) is 5.75 Å². The van der Waals surface area contributed by atoms with Gasteiger partial charge in [-0.2, -0.15) is 0 Å². The van der Waals surface area contributed by atoms with Crippen LogP contribution in [0.1, 0.15) is 25.8 Å². The summed E-state index contributed by atoms with van der Waals surface area (Å²) in [6.45, 7) is 4.77. The van der Waals surface area contributed by atoms with Crippen molar-refractivity contribution in [3.63, 3.8) is 0 Å². The van der Waals surface area contributed by atoms with Crippen LogP contribution in [-0.4, -0.2) is 12.6 Å². The van der Waals surface area contributed by atoms with E-state index in [2.05, 4.69) is 36.5 Å². The summed E-state index contributed by atoms with van der Waals surface area (Å²) in [5, 5.41) is 4.13. The number of nitrogens with one attached hydrogen (secondary N) is 1. The number of anilines is 1. The van der Waals surface area contributed by atoms with Crippen LogP contribution in [0.25, 0.3) is 0 Å². The monoisotopic (exact) mass is 303 g/mol. The van der Waals surface area contributed by atoms with Crippen LogP contribution in [0.15, 0.2) is 48.5 Å². The molecule has 3 heteroatoms. The largest absolute Gasteiger partial charge is 0.492 e. The molecule has 1 N–H and O–H groups in total. The van der Waals surface area contributed by atoms with Gasteiger partial charge in [0, 0.05) is 11.7 Å². The van der Waals surface area contributed by atoms with Gasteiger partial charge in [-0.15, -0.1) is 0 Å². The summed E-state index contributed by atoms with van der Waals surface area (Å²) in [5.74, 6) is 0.738. The van der Waals surface area contributed by atoms with Crippen LogP contribution in [0, 0.1) is 0 Å². The third kappa shape index (κ3) is 4.98. The molecule has 2 rings (SSSR count). The molecular formula is C18H22ClNO. The maximum absolute atomic E-state index is 6.20. The first kappa shape index (κ1) is 15.7. The smallest absolute Gasteiger partial charge is 0.138 e. The lowest BCUT2D eigenvalue weighted by molar-refractivity contribution is 0.340. The standard InChI is InChI=1S/C18H22ClNO/c1-3-21-18-12-11-16(13-17(18)19)20-14(2)9-10-15-7-5-4-6-8-15/h4-8,11-14,20H,3,9-10H2,1-2H3. The highest BCUT2D eigenvalue weighted by Gasteiger charge is 2.06. The zero-order valence-electron chi connectivity index (χ0n) is 12.6. The Kier molecular flexibility index (Phi) is 5.94. The number of benzene rings is 2. The maximum atomic E-state index is 6.20. The summed E-state index contributed by atoms with van der Waals surface area (Å²) in [5.41, 5.74) is 2.40. The summed E-state index contributed by atoms with van der Waals surface area (Å²) in [6, 6.07) is 16.8. The molecule has 112 valence electrons. The van der Waals surface area contributed by atoms with Crippen molar-refractivity contribution in [3.05, 3.63) is 59.1 Å². The van der Waals surface area contributed by atoms with Gasteiger partial charge in [0.1, 0.15) is 5.75 Å². The van der Waals surface area contributed by atoms with E-state index < -0.39 is 0 Å². The van der Waals surface area contributed by atoms with Gasteiger partial charge in [-0.05, 0) is 50.5 Å². The third-order valence-electron chi connectivity index (χ3n) is 3.35. The Morgan fingerprint density at radius 2 is 1.90 bits per heavy atom. The Morgan fingerprint density at radius 3 is 2.57 bits per heavy atom. The Morgan fingerprint density at radius 1 is 1.14 bits per heavy atom. The van der Waals surface area contributed by atoms with Gasteiger partial charge in [-0.1, -0.05) is 41.9 Å². The highest BCUT2D eigenvalue weighted by atomic mass is 35.5. The average molecular weight is 304 g/mol. The molecule has 21 heavy (non-hydrogen) atoms. The molecule has 2 aromatic carbocycles. The van der Waals surface area contributed by atoms with Gasteiger partial charge >= 0.3 is 0 Å². The summed E-state index contributed by atoms with van der Waals surface area (Å²) in [6.07, 6.45) is 2.15. The van der Waals surface area contributed by atoms with Crippen molar-refractivity contribution in [1.29, 1.82) is 0 Å². The molecule has 2 nitrogen and oxygen atoms in total. The van der Waals surface area contributed by atoms with Crippen molar-refractivity contribution in [1.82, 2.24) is 0 Å². The van der Waals surface area contributed by atoms with E-state index in [1.54, 1.807) is 0 Å². The zero-order valence-corrected chi connectivity index (χ0v) is 13.4. The van der Waals surface area contributed by atoms with Crippen LogP contribution in [-0.2, 0) is 6.42 Å². The molecule has 0 radical (unpaired) electrons. The minimum atomic E-state index is 0.388. The Bertz CT molecular complexity index is 556. The normalized spacial score (nSPS) is 12.0. The molecule has 0 bridgehead atoms. The first-order valence-corrected chi connectivity index (χ1v) is 7.79. The van der Waals surface area contributed by atoms with Gasteiger partial charge in [0.2, 0.25) is 0 Å². The number of aryl methyl sites for hydroxylation is 1.